The second-order valence-electron chi connectivity index (χ2n) is 6.73. The number of benzene rings is 1. The molecule has 2 heterocycles. The normalized spacial score (nSPS) is 11.4. The number of halogens is 3. The van der Waals surface area contributed by atoms with Gasteiger partial charge in [0.05, 0.1) is 17.4 Å². The van der Waals surface area contributed by atoms with Gasteiger partial charge in [0, 0.05) is 23.4 Å². The lowest BCUT2D eigenvalue weighted by molar-refractivity contribution is 0.163. The standard InChI is InChI=1S/C20H18Cl3N5O3/c1-12(2)28-16(29)9-8-15(27-28)14-10-24-18(26-19(30)31-11-20(21,22)23)25-17(14)13-6-4-3-5-7-13/h3-10,12H,11H2,1-2H3,(H,24,25,26,30). The second kappa shape index (κ2) is 9.64. The Hall–Kier alpha value is -2.68. The molecule has 0 aliphatic rings. The van der Waals surface area contributed by atoms with Crippen LogP contribution in [0.25, 0.3) is 22.5 Å². The number of amides is 1. The van der Waals surface area contributed by atoms with Crippen LogP contribution in [0.2, 0.25) is 0 Å². The van der Waals surface area contributed by atoms with Gasteiger partial charge >= 0.3 is 6.09 Å². The number of anilines is 1. The summed E-state index contributed by atoms with van der Waals surface area (Å²) < 4.78 is 4.50. The van der Waals surface area contributed by atoms with Crippen molar-refractivity contribution >= 4 is 46.8 Å². The van der Waals surface area contributed by atoms with Crippen LogP contribution in [-0.4, -0.2) is 36.2 Å². The number of hydrogen-bond acceptors (Lipinski definition) is 6. The van der Waals surface area contributed by atoms with Crippen LogP contribution in [0.4, 0.5) is 10.7 Å². The first-order chi connectivity index (χ1) is 14.6. The Balaban J connectivity index is 2.00. The summed E-state index contributed by atoms with van der Waals surface area (Å²) >= 11 is 16.8. The zero-order valence-electron chi connectivity index (χ0n) is 16.6. The first kappa shape index (κ1) is 23.0. The molecule has 0 spiro atoms. The molecular formula is C20H18Cl3N5O3. The molecule has 1 N–H and O–H groups in total. The molecule has 0 fully saturated rings. The maximum Gasteiger partial charge on any atom is 0.414 e. The molecule has 1 amide bonds. The minimum absolute atomic E-state index is 0.00546. The van der Waals surface area contributed by atoms with E-state index in [0.717, 1.165) is 5.56 Å². The van der Waals surface area contributed by atoms with E-state index < -0.39 is 16.5 Å². The summed E-state index contributed by atoms with van der Waals surface area (Å²) in [6, 6.07) is 12.2. The van der Waals surface area contributed by atoms with E-state index in [-0.39, 0.29) is 17.5 Å². The number of hydrogen-bond donors (Lipinski definition) is 1. The van der Waals surface area contributed by atoms with E-state index >= 15 is 0 Å². The number of ether oxygens (including phenoxy) is 1. The number of rotatable bonds is 5. The second-order valence-corrected chi connectivity index (χ2v) is 9.25. The third-order valence-corrected chi connectivity index (χ3v) is 4.33. The van der Waals surface area contributed by atoms with Gasteiger partial charge < -0.3 is 4.74 Å². The molecule has 11 heteroatoms. The molecular weight excluding hydrogens is 465 g/mol. The Kier molecular flexibility index (Phi) is 7.15. The number of carbonyl (C=O) groups excluding carboxylic acids is 1. The van der Waals surface area contributed by atoms with Gasteiger partial charge in [0.15, 0.2) is 0 Å². The molecule has 0 aliphatic heterocycles. The highest BCUT2D eigenvalue weighted by Crippen LogP contribution is 2.30. The van der Waals surface area contributed by atoms with Crippen LogP contribution in [0.1, 0.15) is 19.9 Å². The fourth-order valence-corrected chi connectivity index (χ4v) is 2.82. The number of alkyl halides is 3. The van der Waals surface area contributed by atoms with Gasteiger partial charge in [-0.15, -0.1) is 0 Å². The summed E-state index contributed by atoms with van der Waals surface area (Å²) in [6.07, 6.45) is 0.641. The highest BCUT2D eigenvalue weighted by Gasteiger charge is 2.23. The molecule has 0 radical (unpaired) electrons. The topological polar surface area (TPSA) is 99.0 Å². The predicted molar refractivity (Wildman–Crippen MR) is 121 cm³/mol. The molecule has 0 atom stereocenters. The quantitative estimate of drug-likeness (QED) is 0.521. The van der Waals surface area contributed by atoms with Crippen molar-refractivity contribution in [2.24, 2.45) is 0 Å². The first-order valence-corrected chi connectivity index (χ1v) is 10.3. The molecule has 0 saturated heterocycles. The Morgan fingerprint density at radius 1 is 1.16 bits per heavy atom. The van der Waals surface area contributed by atoms with Crippen LogP contribution >= 0.6 is 34.8 Å². The van der Waals surface area contributed by atoms with Crippen molar-refractivity contribution in [2.45, 2.75) is 23.7 Å². The van der Waals surface area contributed by atoms with E-state index in [1.54, 1.807) is 6.07 Å². The molecule has 0 bridgehead atoms. The van der Waals surface area contributed by atoms with Crippen LogP contribution < -0.4 is 10.9 Å². The monoisotopic (exact) mass is 481 g/mol. The van der Waals surface area contributed by atoms with Crippen molar-refractivity contribution < 1.29 is 9.53 Å². The van der Waals surface area contributed by atoms with Crippen LogP contribution in [0.15, 0.2) is 53.5 Å². The number of aromatic nitrogens is 4. The molecule has 0 unspecified atom stereocenters. The molecule has 3 aromatic rings. The van der Waals surface area contributed by atoms with Gasteiger partial charge in [0.2, 0.25) is 9.74 Å². The third-order valence-electron chi connectivity index (χ3n) is 4.01. The lowest BCUT2D eigenvalue weighted by Gasteiger charge is -2.14. The van der Waals surface area contributed by atoms with Gasteiger partial charge in [-0.2, -0.15) is 5.10 Å². The lowest BCUT2D eigenvalue weighted by atomic mass is 10.0. The predicted octanol–water partition coefficient (Wildman–Crippen LogP) is 4.87. The average molecular weight is 483 g/mol. The van der Waals surface area contributed by atoms with Gasteiger partial charge in [-0.05, 0) is 19.9 Å². The van der Waals surface area contributed by atoms with Crippen molar-refractivity contribution in [1.82, 2.24) is 19.7 Å². The fraction of sp³-hybridized carbons (Fsp3) is 0.250. The van der Waals surface area contributed by atoms with Gasteiger partial charge in [-0.25, -0.2) is 19.4 Å². The van der Waals surface area contributed by atoms with Crippen LogP contribution in [0.3, 0.4) is 0 Å². The maximum atomic E-state index is 12.1. The van der Waals surface area contributed by atoms with E-state index in [2.05, 4.69) is 20.4 Å². The molecule has 3 rings (SSSR count). The van der Waals surface area contributed by atoms with Crippen molar-refractivity contribution in [1.29, 1.82) is 0 Å². The molecule has 31 heavy (non-hydrogen) atoms. The van der Waals surface area contributed by atoms with Crippen molar-refractivity contribution in [3.8, 4) is 22.5 Å². The van der Waals surface area contributed by atoms with Crippen molar-refractivity contribution in [3.05, 3.63) is 59.0 Å². The van der Waals surface area contributed by atoms with E-state index in [1.165, 1.54) is 16.9 Å². The van der Waals surface area contributed by atoms with Crippen molar-refractivity contribution in [2.75, 3.05) is 11.9 Å². The Morgan fingerprint density at radius 2 is 1.87 bits per heavy atom. The van der Waals surface area contributed by atoms with E-state index in [4.69, 9.17) is 39.5 Å². The molecule has 0 saturated carbocycles. The first-order valence-electron chi connectivity index (χ1n) is 9.17. The molecule has 0 aliphatic carbocycles. The number of nitrogens with zero attached hydrogens (tertiary/aromatic N) is 4. The highest BCUT2D eigenvalue weighted by molar-refractivity contribution is 6.67. The summed E-state index contributed by atoms with van der Waals surface area (Å²) in [5.74, 6) is -0.00546. The lowest BCUT2D eigenvalue weighted by Crippen LogP contribution is -2.24. The molecule has 1 aromatic carbocycles. The maximum absolute atomic E-state index is 12.1. The molecule has 2 aromatic heterocycles. The summed E-state index contributed by atoms with van der Waals surface area (Å²) in [7, 11) is 0. The molecule has 162 valence electrons. The highest BCUT2D eigenvalue weighted by atomic mass is 35.6. The van der Waals surface area contributed by atoms with Crippen LogP contribution in [0, 0.1) is 0 Å². The Bertz CT molecular complexity index is 1130. The van der Waals surface area contributed by atoms with Gasteiger partial charge in [-0.3, -0.25) is 10.1 Å². The minimum atomic E-state index is -1.73. The average Bonchev–Trinajstić information content (AvgIpc) is 2.73. The number of nitrogens with one attached hydrogen (secondary N) is 1. The van der Waals surface area contributed by atoms with E-state index in [0.29, 0.717) is 17.0 Å². The van der Waals surface area contributed by atoms with Crippen molar-refractivity contribution in [3.63, 3.8) is 0 Å². The van der Waals surface area contributed by atoms with Crippen LogP contribution in [-0.2, 0) is 4.74 Å². The third kappa shape index (κ3) is 6.16. The summed E-state index contributed by atoms with van der Waals surface area (Å²) in [4.78, 5) is 32.7. The van der Waals surface area contributed by atoms with Crippen LogP contribution in [0.5, 0.6) is 0 Å². The number of carbonyl (C=O) groups is 1. The van der Waals surface area contributed by atoms with Gasteiger partial charge in [0.1, 0.15) is 6.61 Å². The Morgan fingerprint density at radius 3 is 2.52 bits per heavy atom. The Labute approximate surface area is 193 Å². The van der Waals surface area contributed by atoms with E-state index in [9.17, 15) is 9.59 Å². The smallest absolute Gasteiger partial charge is 0.414 e. The van der Waals surface area contributed by atoms with E-state index in [1.807, 2.05) is 44.2 Å². The summed E-state index contributed by atoms with van der Waals surface area (Å²) in [5, 5.41) is 6.85. The fourth-order valence-electron chi connectivity index (χ4n) is 2.66. The summed E-state index contributed by atoms with van der Waals surface area (Å²) in [6.45, 7) is 3.29. The zero-order chi connectivity index (χ0) is 22.6. The zero-order valence-corrected chi connectivity index (χ0v) is 18.8. The largest absolute Gasteiger partial charge is 0.445 e. The SMILES string of the molecule is CC(C)n1nc(-c2cnc(NC(=O)OCC(Cl)(Cl)Cl)nc2-c2ccccc2)ccc1=O. The van der Waals surface area contributed by atoms with Gasteiger partial charge in [-0.1, -0.05) is 65.1 Å². The summed E-state index contributed by atoms with van der Waals surface area (Å²) in [5.41, 5.74) is 2.16. The van der Waals surface area contributed by atoms with Gasteiger partial charge in [0.25, 0.3) is 5.56 Å². The minimum Gasteiger partial charge on any atom is -0.445 e. The molecule has 8 nitrogen and oxygen atoms in total.